The van der Waals surface area contributed by atoms with Crippen LogP contribution < -0.4 is 10.1 Å². The monoisotopic (exact) mass is 299 g/mol. The van der Waals surface area contributed by atoms with Gasteiger partial charge >= 0.3 is 0 Å². The molecule has 1 aliphatic carbocycles. The van der Waals surface area contributed by atoms with Gasteiger partial charge in [0.2, 0.25) is 5.91 Å². The summed E-state index contributed by atoms with van der Waals surface area (Å²) in [7, 11) is 1.65. The molecule has 0 unspecified atom stereocenters. The van der Waals surface area contributed by atoms with Crippen LogP contribution in [0, 0.1) is 5.92 Å². The number of rotatable bonds is 4. The second kappa shape index (κ2) is 6.22. The number of aryl methyl sites for hydroxylation is 1. The van der Waals surface area contributed by atoms with E-state index < -0.39 is 0 Å². The van der Waals surface area contributed by atoms with Gasteiger partial charge in [-0.25, -0.2) is 0 Å². The van der Waals surface area contributed by atoms with Gasteiger partial charge < -0.3 is 10.1 Å². The predicted octanol–water partition coefficient (Wildman–Crippen LogP) is 2.40. The largest absolute Gasteiger partial charge is 0.496 e. The minimum absolute atomic E-state index is 0.0160. The van der Waals surface area contributed by atoms with Gasteiger partial charge in [0.15, 0.2) is 0 Å². The highest BCUT2D eigenvalue weighted by atomic mass is 16.5. The highest BCUT2D eigenvalue weighted by Crippen LogP contribution is 2.27. The van der Waals surface area contributed by atoms with E-state index in [0.717, 1.165) is 36.1 Å². The van der Waals surface area contributed by atoms with Crippen molar-refractivity contribution >= 4 is 5.91 Å². The highest BCUT2D eigenvalue weighted by Gasteiger charge is 2.27. The van der Waals surface area contributed by atoms with E-state index in [1.807, 2.05) is 37.4 Å². The molecule has 3 rings (SSSR count). The Bertz CT molecular complexity index is 665. The Hall–Kier alpha value is -2.30. The number of methoxy groups -OCH3 is 1. The van der Waals surface area contributed by atoms with Crippen molar-refractivity contribution in [3.05, 3.63) is 47.3 Å². The first kappa shape index (κ1) is 14.6. The van der Waals surface area contributed by atoms with Crippen molar-refractivity contribution in [1.82, 2.24) is 15.5 Å². The van der Waals surface area contributed by atoms with E-state index in [1.54, 1.807) is 7.11 Å². The normalized spacial score (nSPS) is 18.4. The first-order valence-corrected chi connectivity index (χ1v) is 7.63. The van der Waals surface area contributed by atoms with Crippen molar-refractivity contribution in [2.75, 3.05) is 7.11 Å². The number of hydrogen-bond acceptors (Lipinski definition) is 3. The second-order valence-corrected chi connectivity index (χ2v) is 5.79. The molecule has 1 aromatic carbocycles. The first-order chi connectivity index (χ1) is 10.7. The van der Waals surface area contributed by atoms with E-state index in [2.05, 4.69) is 15.5 Å². The maximum Gasteiger partial charge on any atom is 0.223 e. The smallest absolute Gasteiger partial charge is 0.223 e. The van der Waals surface area contributed by atoms with Gasteiger partial charge in [0.25, 0.3) is 0 Å². The summed E-state index contributed by atoms with van der Waals surface area (Å²) in [5.74, 6) is 0.920. The highest BCUT2D eigenvalue weighted by molar-refractivity contribution is 5.79. The van der Waals surface area contributed by atoms with Crippen LogP contribution in [0.4, 0.5) is 0 Å². The molecule has 5 nitrogen and oxygen atoms in total. The van der Waals surface area contributed by atoms with Crippen molar-refractivity contribution in [3.63, 3.8) is 0 Å². The van der Waals surface area contributed by atoms with Crippen molar-refractivity contribution in [1.29, 1.82) is 0 Å². The number of H-pyrrole nitrogens is 1. The molecule has 2 N–H and O–H groups in total. The summed E-state index contributed by atoms with van der Waals surface area (Å²) in [6.45, 7) is 1.99. The molecule has 1 heterocycles. The number of amides is 1. The number of aromatic amines is 1. The molecule has 1 aromatic heterocycles. The van der Waals surface area contributed by atoms with Gasteiger partial charge in [-0.15, -0.1) is 0 Å². The summed E-state index contributed by atoms with van der Waals surface area (Å²) in [5, 5.41) is 10.2. The van der Waals surface area contributed by atoms with Crippen LogP contribution in [0.3, 0.4) is 0 Å². The minimum Gasteiger partial charge on any atom is -0.496 e. The molecule has 0 bridgehead atoms. The lowest BCUT2D eigenvalue weighted by Crippen LogP contribution is -2.35. The third-order valence-corrected chi connectivity index (χ3v) is 4.35. The standard InChI is InChI=1S/C17H21N3O2/c1-11(14-5-3-4-6-16(14)22-2)19-17(21)12-7-8-15-13(9-12)10-18-20-15/h3-6,10-12H,7-9H2,1-2H3,(H,18,20)(H,19,21)/t11-,12-/m1/s1. The molecule has 0 saturated heterocycles. The van der Waals surface area contributed by atoms with Crippen molar-refractivity contribution in [2.24, 2.45) is 5.92 Å². The molecule has 1 aliphatic rings. The van der Waals surface area contributed by atoms with Crippen LogP contribution in [0.5, 0.6) is 5.75 Å². The van der Waals surface area contributed by atoms with Crippen molar-refractivity contribution in [3.8, 4) is 5.75 Å². The van der Waals surface area contributed by atoms with Gasteiger partial charge in [-0.2, -0.15) is 5.10 Å². The summed E-state index contributed by atoms with van der Waals surface area (Å²) in [6.07, 6.45) is 4.34. The number of para-hydroxylation sites is 1. The molecule has 2 aromatic rings. The summed E-state index contributed by atoms with van der Waals surface area (Å²) in [6, 6.07) is 7.71. The minimum atomic E-state index is -0.0746. The maximum absolute atomic E-state index is 12.5. The Kier molecular flexibility index (Phi) is 4.13. The quantitative estimate of drug-likeness (QED) is 0.911. The van der Waals surface area contributed by atoms with Gasteiger partial charge in [-0.05, 0) is 37.8 Å². The van der Waals surface area contributed by atoms with E-state index in [0.29, 0.717) is 0 Å². The number of fused-ring (bicyclic) bond motifs is 1. The number of carbonyl (C=O) groups excluding carboxylic acids is 1. The number of ether oxygens (including phenoxy) is 1. The van der Waals surface area contributed by atoms with E-state index in [4.69, 9.17) is 4.74 Å². The van der Waals surface area contributed by atoms with Gasteiger partial charge in [0.05, 0.1) is 19.3 Å². The molecule has 1 amide bonds. The third kappa shape index (κ3) is 2.84. The number of nitrogens with zero attached hydrogens (tertiary/aromatic N) is 1. The Morgan fingerprint density at radius 3 is 3.09 bits per heavy atom. The molecular weight excluding hydrogens is 278 g/mol. The van der Waals surface area contributed by atoms with E-state index in [-0.39, 0.29) is 17.9 Å². The molecule has 0 fully saturated rings. The predicted molar refractivity (Wildman–Crippen MR) is 83.7 cm³/mol. The van der Waals surface area contributed by atoms with Gasteiger partial charge in [-0.1, -0.05) is 18.2 Å². The van der Waals surface area contributed by atoms with Gasteiger partial charge in [-0.3, -0.25) is 9.89 Å². The van der Waals surface area contributed by atoms with E-state index in [9.17, 15) is 4.79 Å². The summed E-state index contributed by atoms with van der Waals surface area (Å²) >= 11 is 0. The molecule has 116 valence electrons. The molecular formula is C17H21N3O2. The average molecular weight is 299 g/mol. The Morgan fingerprint density at radius 2 is 2.27 bits per heavy atom. The fourth-order valence-electron chi connectivity index (χ4n) is 3.07. The lowest BCUT2D eigenvalue weighted by molar-refractivity contribution is -0.126. The zero-order chi connectivity index (χ0) is 15.5. The Labute approximate surface area is 130 Å². The lowest BCUT2D eigenvalue weighted by Gasteiger charge is -2.24. The lowest BCUT2D eigenvalue weighted by atomic mass is 9.87. The van der Waals surface area contributed by atoms with Crippen LogP contribution in [-0.2, 0) is 17.6 Å². The van der Waals surface area contributed by atoms with Crippen LogP contribution in [-0.4, -0.2) is 23.2 Å². The Balaban J connectivity index is 1.67. The number of benzene rings is 1. The van der Waals surface area contributed by atoms with Crippen LogP contribution in [0.25, 0.3) is 0 Å². The molecule has 0 radical (unpaired) electrons. The number of carbonyl (C=O) groups is 1. The molecule has 0 saturated carbocycles. The zero-order valence-corrected chi connectivity index (χ0v) is 12.9. The second-order valence-electron chi connectivity index (χ2n) is 5.79. The third-order valence-electron chi connectivity index (χ3n) is 4.35. The zero-order valence-electron chi connectivity index (χ0n) is 12.9. The van der Waals surface area contributed by atoms with Crippen LogP contribution in [0.2, 0.25) is 0 Å². The van der Waals surface area contributed by atoms with Crippen LogP contribution in [0.15, 0.2) is 30.5 Å². The molecule has 0 spiro atoms. The molecule has 2 atom stereocenters. The van der Waals surface area contributed by atoms with Crippen LogP contribution in [0.1, 0.15) is 36.2 Å². The molecule has 5 heteroatoms. The molecule has 0 aliphatic heterocycles. The van der Waals surface area contributed by atoms with Gasteiger partial charge in [0.1, 0.15) is 5.75 Å². The topological polar surface area (TPSA) is 67.0 Å². The summed E-state index contributed by atoms with van der Waals surface area (Å²) in [4.78, 5) is 12.5. The Morgan fingerprint density at radius 1 is 1.45 bits per heavy atom. The van der Waals surface area contributed by atoms with Crippen molar-refractivity contribution in [2.45, 2.75) is 32.2 Å². The van der Waals surface area contributed by atoms with E-state index in [1.165, 1.54) is 5.69 Å². The van der Waals surface area contributed by atoms with Crippen LogP contribution >= 0.6 is 0 Å². The SMILES string of the molecule is COc1ccccc1[C@@H](C)NC(=O)[C@@H]1CCc2[nH]ncc2C1. The first-order valence-electron chi connectivity index (χ1n) is 7.63. The fraction of sp³-hybridized carbons (Fsp3) is 0.412. The summed E-state index contributed by atoms with van der Waals surface area (Å²) < 4.78 is 5.37. The maximum atomic E-state index is 12.5. The fourth-order valence-corrected chi connectivity index (χ4v) is 3.07. The number of aromatic nitrogens is 2. The number of nitrogens with one attached hydrogen (secondary N) is 2. The van der Waals surface area contributed by atoms with Gasteiger partial charge in [0, 0.05) is 17.2 Å². The summed E-state index contributed by atoms with van der Waals surface area (Å²) in [5.41, 5.74) is 3.33. The van der Waals surface area contributed by atoms with E-state index >= 15 is 0 Å². The molecule has 22 heavy (non-hydrogen) atoms. The average Bonchev–Trinajstić information content (AvgIpc) is 3.02. The number of hydrogen-bond donors (Lipinski definition) is 2. The van der Waals surface area contributed by atoms with Crippen molar-refractivity contribution < 1.29 is 9.53 Å².